The van der Waals surface area contributed by atoms with Crippen molar-refractivity contribution in [3.8, 4) is 17.2 Å². The minimum atomic E-state index is -0.178. The van der Waals surface area contributed by atoms with E-state index in [1.165, 1.54) is 16.7 Å². The van der Waals surface area contributed by atoms with E-state index in [-0.39, 0.29) is 32.5 Å². The lowest BCUT2D eigenvalue weighted by Gasteiger charge is -2.30. The van der Waals surface area contributed by atoms with Crippen molar-refractivity contribution < 1.29 is 15.3 Å². The first-order valence-electron chi connectivity index (χ1n) is 19.6. The minimum Gasteiger partial charge on any atom is -0.507 e. The van der Waals surface area contributed by atoms with E-state index < -0.39 is 0 Å². The molecule has 0 aliphatic carbocycles. The summed E-state index contributed by atoms with van der Waals surface area (Å²) < 4.78 is 0. The van der Waals surface area contributed by atoms with Crippen molar-refractivity contribution in [1.29, 1.82) is 0 Å². The summed E-state index contributed by atoms with van der Waals surface area (Å²) in [7, 11) is 0. The van der Waals surface area contributed by atoms with Crippen molar-refractivity contribution in [3.63, 3.8) is 0 Å². The third kappa shape index (κ3) is 10.8. The summed E-state index contributed by atoms with van der Waals surface area (Å²) in [5.74, 6) is 1.27. The largest absolute Gasteiger partial charge is 0.507 e. The van der Waals surface area contributed by atoms with Gasteiger partial charge in [0.1, 0.15) is 17.2 Å². The number of aromatic hydroxyl groups is 3. The molecule has 0 atom stereocenters. The van der Waals surface area contributed by atoms with E-state index >= 15 is 0 Å². The molecule has 0 aliphatic rings. The highest BCUT2D eigenvalue weighted by Gasteiger charge is 2.29. The lowest BCUT2D eigenvalue weighted by Crippen LogP contribution is -2.31. The maximum atomic E-state index is 11.4. The summed E-state index contributed by atoms with van der Waals surface area (Å²) in [4.78, 5) is 2.58. The molecule has 0 unspecified atom stereocenters. The van der Waals surface area contributed by atoms with Crippen LogP contribution in [0, 0.1) is 0 Å². The van der Waals surface area contributed by atoms with Crippen molar-refractivity contribution in [3.05, 3.63) is 86.5 Å². The first-order chi connectivity index (χ1) is 23.3. The predicted molar refractivity (Wildman–Crippen MR) is 224 cm³/mol. The summed E-state index contributed by atoms with van der Waals surface area (Å²) in [6, 6.07) is 13.3. The average molecular weight is 714 g/mol. The van der Waals surface area contributed by atoms with Gasteiger partial charge in [-0.1, -0.05) is 161 Å². The highest BCUT2D eigenvalue weighted by Crippen LogP contribution is 2.42. The average Bonchev–Trinajstić information content (AvgIpc) is 2.94. The molecule has 0 bridgehead atoms. The molecule has 3 aromatic carbocycles. The fourth-order valence-corrected chi connectivity index (χ4v) is 7.14. The molecule has 290 valence electrons. The third-order valence-corrected chi connectivity index (χ3v) is 10.5. The van der Waals surface area contributed by atoms with E-state index in [1.54, 1.807) is 0 Å². The van der Waals surface area contributed by atoms with Crippen LogP contribution in [0.2, 0.25) is 0 Å². The molecule has 0 heterocycles. The molecule has 0 saturated carbocycles. The zero-order valence-electron chi connectivity index (χ0n) is 36.5. The monoisotopic (exact) mass is 714 g/mol. The van der Waals surface area contributed by atoms with Crippen LogP contribution in [0.3, 0.4) is 0 Å². The summed E-state index contributed by atoms with van der Waals surface area (Å²) in [5.41, 5.74) is 8.71. The molecule has 4 nitrogen and oxygen atoms in total. The second kappa shape index (κ2) is 15.0. The molecule has 0 spiro atoms. The molecule has 0 aliphatic heterocycles. The number of phenols is 3. The summed E-state index contributed by atoms with van der Waals surface area (Å²) in [6.45, 7) is 41.8. The molecule has 0 radical (unpaired) electrons. The Labute approximate surface area is 319 Å². The van der Waals surface area contributed by atoms with Gasteiger partial charge in [-0.3, -0.25) is 0 Å². The maximum Gasteiger partial charge on any atom is 0.123 e. The molecular formula is C48H75NO3. The Morgan fingerprint density at radius 3 is 0.615 bits per heavy atom. The zero-order valence-corrected chi connectivity index (χ0v) is 36.5. The molecule has 52 heavy (non-hydrogen) atoms. The lowest BCUT2D eigenvalue weighted by molar-refractivity contribution is 0.283. The first-order valence-corrected chi connectivity index (χ1v) is 19.6. The zero-order chi connectivity index (χ0) is 40.0. The van der Waals surface area contributed by atoms with Gasteiger partial charge in [0.05, 0.1) is 0 Å². The Morgan fingerprint density at radius 1 is 0.327 bits per heavy atom. The Hall–Kier alpha value is -2.98. The second-order valence-electron chi connectivity index (χ2n) is 21.7. The van der Waals surface area contributed by atoms with Gasteiger partial charge >= 0.3 is 0 Å². The lowest BCUT2D eigenvalue weighted by atomic mass is 9.78. The molecule has 3 aromatic rings. The summed E-state index contributed by atoms with van der Waals surface area (Å²) in [5, 5.41) is 34.2. The van der Waals surface area contributed by atoms with E-state index in [4.69, 9.17) is 0 Å². The Kier molecular flexibility index (Phi) is 12.6. The molecule has 0 fully saturated rings. The third-order valence-electron chi connectivity index (χ3n) is 10.5. The fourth-order valence-electron chi connectivity index (χ4n) is 7.14. The van der Waals surface area contributed by atoms with Crippen molar-refractivity contribution in [2.24, 2.45) is 0 Å². The number of nitrogens with zero attached hydrogens (tertiary/aromatic N) is 1. The van der Waals surface area contributed by atoms with Crippen LogP contribution in [0.25, 0.3) is 0 Å². The second-order valence-corrected chi connectivity index (χ2v) is 21.7. The number of benzene rings is 3. The standard InChI is InChI=1S/C48H75NO3/c1-43(2,3)34-25-31(26-35(40(34)50)44(4,5)6)19-22-49(23-20-32-27-36(45(7,8)9)41(51)37(28-32)46(10,11)12)24-21-33-29-38(47(13,14)15)42(52)39(30-33)48(16,17)18/h25-30,50-52H,19-24H2,1-18H3. The van der Waals surface area contributed by atoms with Crippen molar-refractivity contribution in [2.45, 2.75) is 176 Å². The van der Waals surface area contributed by atoms with E-state index in [0.717, 1.165) is 72.3 Å². The number of phenolic OH excluding ortho intramolecular Hbond substituents is 3. The maximum absolute atomic E-state index is 11.4. The van der Waals surface area contributed by atoms with Crippen LogP contribution in [-0.4, -0.2) is 39.9 Å². The highest BCUT2D eigenvalue weighted by atomic mass is 16.3. The van der Waals surface area contributed by atoms with Crippen LogP contribution in [0.4, 0.5) is 0 Å². The van der Waals surface area contributed by atoms with Gasteiger partial charge < -0.3 is 20.2 Å². The van der Waals surface area contributed by atoms with Gasteiger partial charge in [-0.25, -0.2) is 0 Å². The van der Waals surface area contributed by atoms with Gasteiger partial charge in [0, 0.05) is 19.6 Å². The first kappa shape index (κ1) is 43.4. The highest BCUT2D eigenvalue weighted by molar-refractivity contribution is 5.52. The van der Waals surface area contributed by atoms with E-state index in [0.29, 0.717) is 17.2 Å². The minimum absolute atomic E-state index is 0.178. The topological polar surface area (TPSA) is 63.9 Å². The van der Waals surface area contributed by atoms with E-state index in [9.17, 15) is 15.3 Å². The van der Waals surface area contributed by atoms with Crippen LogP contribution in [0.1, 0.15) is 175 Å². The van der Waals surface area contributed by atoms with Gasteiger partial charge in [-0.15, -0.1) is 0 Å². The molecule has 4 heteroatoms. The Balaban J connectivity index is 2.07. The quantitative estimate of drug-likeness (QED) is 0.207. The van der Waals surface area contributed by atoms with E-state index in [2.05, 4.69) is 166 Å². The van der Waals surface area contributed by atoms with Crippen molar-refractivity contribution in [1.82, 2.24) is 4.90 Å². The van der Waals surface area contributed by atoms with Gasteiger partial charge in [0.2, 0.25) is 0 Å². The van der Waals surface area contributed by atoms with Gasteiger partial charge in [0.15, 0.2) is 0 Å². The molecule has 0 amide bonds. The molecular weight excluding hydrogens is 639 g/mol. The smallest absolute Gasteiger partial charge is 0.123 e. The number of rotatable bonds is 9. The van der Waals surface area contributed by atoms with Crippen molar-refractivity contribution >= 4 is 0 Å². The SMILES string of the molecule is CC(C)(C)c1cc(CCN(CCc2cc(C(C)(C)C)c(O)c(C(C)(C)C)c2)CCc2cc(C(C)(C)C)c(O)c(C(C)(C)C)c2)cc(C(C)(C)C)c1O. The number of hydrogen-bond acceptors (Lipinski definition) is 4. The summed E-state index contributed by atoms with van der Waals surface area (Å²) >= 11 is 0. The van der Waals surface area contributed by atoms with E-state index in [1.807, 2.05) is 0 Å². The number of hydrogen-bond donors (Lipinski definition) is 3. The fraction of sp³-hybridized carbons (Fsp3) is 0.625. The normalized spacial score (nSPS) is 13.7. The molecule has 0 saturated heterocycles. The van der Waals surface area contributed by atoms with Crippen LogP contribution < -0.4 is 0 Å². The van der Waals surface area contributed by atoms with Gasteiger partial charge in [-0.05, 0) is 102 Å². The van der Waals surface area contributed by atoms with Crippen molar-refractivity contribution in [2.75, 3.05) is 19.6 Å². The van der Waals surface area contributed by atoms with Gasteiger partial charge in [0.25, 0.3) is 0 Å². The van der Waals surface area contributed by atoms with Crippen LogP contribution >= 0.6 is 0 Å². The molecule has 0 aromatic heterocycles. The molecule has 3 N–H and O–H groups in total. The van der Waals surface area contributed by atoms with Crippen LogP contribution in [0.5, 0.6) is 17.2 Å². The Bertz CT molecular complexity index is 1390. The van der Waals surface area contributed by atoms with Gasteiger partial charge in [-0.2, -0.15) is 0 Å². The molecule has 3 rings (SSSR count). The van der Waals surface area contributed by atoms with Crippen LogP contribution in [-0.2, 0) is 51.8 Å². The summed E-state index contributed by atoms with van der Waals surface area (Å²) in [6.07, 6.45) is 2.62. The Morgan fingerprint density at radius 2 is 0.481 bits per heavy atom. The van der Waals surface area contributed by atoms with Crippen LogP contribution in [0.15, 0.2) is 36.4 Å². The predicted octanol–water partition coefficient (Wildman–Crippen LogP) is 11.9.